The molecule has 7 nitrogen and oxygen atoms in total. The van der Waals surface area contributed by atoms with Crippen molar-refractivity contribution in [3.8, 4) is 10.6 Å². The van der Waals surface area contributed by atoms with Crippen molar-refractivity contribution in [2.24, 2.45) is 12.8 Å². The first kappa shape index (κ1) is 22.1. The number of halogens is 3. The number of aliphatic hydroxyl groups excluding tert-OH is 1. The fraction of sp³-hybridized carbons (Fsp3) is 0.400. The number of benzene rings is 1. The largest absolute Gasteiger partial charge is 0.369 e. The molecule has 0 spiro atoms. The van der Waals surface area contributed by atoms with Gasteiger partial charge < -0.3 is 20.9 Å². The predicted octanol–water partition coefficient (Wildman–Crippen LogP) is 3.96. The molecule has 166 valence electrons. The van der Waals surface area contributed by atoms with Crippen LogP contribution in [0.1, 0.15) is 36.6 Å². The second-order valence-electron chi connectivity index (χ2n) is 7.39. The number of nitrogens with two attached hydrogens (primary N) is 1. The Hall–Kier alpha value is -2.11. The van der Waals surface area contributed by atoms with Gasteiger partial charge in [-0.2, -0.15) is 5.10 Å². The SMILES string of the molecule is Cn1ncc(NC(O)c2csc(-c3cc(Cl)ccc3F)n2)c1[C@@H]1CC[C@@H](N)[C@H](F)CO1. The van der Waals surface area contributed by atoms with Crippen molar-refractivity contribution < 1.29 is 18.6 Å². The van der Waals surface area contributed by atoms with Gasteiger partial charge >= 0.3 is 0 Å². The molecule has 31 heavy (non-hydrogen) atoms. The smallest absolute Gasteiger partial charge is 0.169 e. The third kappa shape index (κ3) is 4.73. The van der Waals surface area contributed by atoms with Gasteiger partial charge in [0.05, 0.1) is 24.2 Å². The van der Waals surface area contributed by atoms with Crippen molar-refractivity contribution in [2.75, 3.05) is 11.9 Å². The molecule has 4 N–H and O–H groups in total. The van der Waals surface area contributed by atoms with E-state index in [1.54, 1.807) is 23.3 Å². The van der Waals surface area contributed by atoms with Crippen LogP contribution in [0.3, 0.4) is 0 Å². The zero-order valence-corrected chi connectivity index (χ0v) is 18.2. The van der Waals surface area contributed by atoms with Gasteiger partial charge in [-0.05, 0) is 31.0 Å². The summed E-state index contributed by atoms with van der Waals surface area (Å²) < 4.78 is 35.4. The first-order valence-corrected chi connectivity index (χ1v) is 11.0. The van der Waals surface area contributed by atoms with Crippen LogP contribution in [-0.2, 0) is 11.8 Å². The highest BCUT2D eigenvalue weighted by Crippen LogP contribution is 2.35. The number of hydrogen-bond donors (Lipinski definition) is 3. The van der Waals surface area contributed by atoms with E-state index in [0.29, 0.717) is 39.9 Å². The minimum absolute atomic E-state index is 0.0976. The van der Waals surface area contributed by atoms with E-state index in [9.17, 15) is 13.9 Å². The van der Waals surface area contributed by atoms with Crippen molar-refractivity contribution in [3.05, 3.63) is 52.0 Å². The van der Waals surface area contributed by atoms with Crippen LogP contribution in [0.2, 0.25) is 5.02 Å². The standard InChI is InChI=1S/C20H22ClF2N5O2S/c1-28-18(17-5-4-14(24)13(23)8-30-17)15(7-25-28)26-19(29)16-9-31-20(27-16)11-6-10(21)2-3-12(11)22/h2-3,6-7,9,13-14,17,19,26,29H,4-5,8,24H2,1H3/t13-,14-,17+,19?/m1/s1. The maximum Gasteiger partial charge on any atom is 0.169 e. The molecule has 2 aromatic heterocycles. The molecule has 1 fully saturated rings. The molecule has 3 heterocycles. The van der Waals surface area contributed by atoms with Crippen molar-refractivity contribution in [3.63, 3.8) is 0 Å². The van der Waals surface area contributed by atoms with E-state index in [4.69, 9.17) is 22.1 Å². The first-order valence-electron chi connectivity index (χ1n) is 9.72. The fourth-order valence-electron chi connectivity index (χ4n) is 3.51. The Morgan fingerprint density at radius 2 is 2.23 bits per heavy atom. The van der Waals surface area contributed by atoms with E-state index < -0.39 is 30.4 Å². The Kier molecular flexibility index (Phi) is 6.54. The number of anilines is 1. The summed E-state index contributed by atoms with van der Waals surface area (Å²) in [5.74, 6) is -0.447. The molecule has 1 aliphatic heterocycles. The molecule has 0 radical (unpaired) electrons. The third-order valence-corrected chi connectivity index (χ3v) is 6.36. The van der Waals surface area contributed by atoms with E-state index in [-0.39, 0.29) is 12.2 Å². The molecular weight excluding hydrogens is 448 g/mol. The number of rotatable bonds is 5. The van der Waals surface area contributed by atoms with Gasteiger partial charge in [-0.3, -0.25) is 4.68 Å². The van der Waals surface area contributed by atoms with Crippen LogP contribution in [0.4, 0.5) is 14.5 Å². The maximum absolute atomic E-state index is 14.1. The highest BCUT2D eigenvalue weighted by Gasteiger charge is 2.30. The van der Waals surface area contributed by atoms with E-state index in [0.717, 1.165) is 0 Å². The number of hydrogen-bond acceptors (Lipinski definition) is 7. The topological polar surface area (TPSA) is 98.2 Å². The van der Waals surface area contributed by atoms with Crippen molar-refractivity contribution >= 4 is 28.6 Å². The number of thiazole rings is 1. The molecule has 3 aromatic rings. The second kappa shape index (κ2) is 9.17. The minimum atomic E-state index is -1.22. The first-order chi connectivity index (χ1) is 14.8. The van der Waals surface area contributed by atoms with Crippen molar-refractivity contribution in [1.82, 2.24) is 14.8 Å². The number of aromatic nitrogens is 3. The molecule has 11 heteroatoms. The molecular formula is C20H22ClF2N5O2S. The number of alkyl halides is 1. The van der Waals surface area contributed by atoms with Crippen LogP contribution in [-0.4, -0.2) is 38.7 Å². The second-order valence-corrected chi connectivity index (χ2v) is 8.69. The lowest BCUT2D eigenvalue weighted by atomic mass is 10.0. The average molecular weight is 470 g/mol. The lowest BCUT2D eigenvalue weighted by Crippen LogP contribution is -2.32. The molecule has 0 aliphatic carbocycles. The van der Waals surface area contributed by atoms with E-state index >= 15 is 0 Å². The lowest BCUT2D eigenvalue weighted by Gasteiger charge is -2.19. The monoisotopic (exact) mass is 469 g/mol. The van der Waals surface area contributed by atoms with Gasteiger partial charge in [-0.1, -0.05) is 11.6 Å². The summed E-state index contributed by atoms with van der Waals surface area (Å²) >= 11 is 7.16. The van der Waals surface area contributed by atoms with E-state index in [1.807, 2.05) is 0 Å². The molecule has 1 saturated heterocycles. The van der Waals surface area contributed by atoms with E-state index in [1.165, 1.54) is 29.5 Å². The predicted molar refractivity (Wildman–Crippen MR) is 115 cm³/mol. The summed E-state index contributed by atoms with van der Waals surface area (Å²) in [5, 5.41) is 20.3. The quantitative estimate of drug-likeness (QED) is 0.489. The number of aryl methyl sites for hydroxylation is 1. The van der Waals surface area contributed by atoms with Crippen molar-refractivity contribution in [1.29, 1.82) is 0 Å². The molecule has 1 unspecified atom stereocenters. The summed E-state index contributed by atoms with van der Waals surface area (Å²) in [4.78, 5) is 4.35. The summed E-state index contributed by atoms with van der Waals surface area (Å²) in [7, 11) is 1.75. The van der Waals surface area contributed by atoms with Crippen LogP contribution in [0.15, 0.2) is 29.8 Å². The van der Waals surface area contributed by atoms with Crippen molar-refractivity contribution in [2.45, 2.75) is 37.4 Å². The van der Waals surface area contributed by atoms with Gasteiger partial charge in [-0.15, -0.1) is 11.3 Å². The number of ether oxygens (including phenoxy) is 1. The van der Waals surface area contributed by atoms with E-state index in [2.05, 4.69) is 15.4 Å². The Bertz CT molecular complexity index is 1050. The Labute approximate surface area is 186 Å². The highest BCUT2D eigenvalue weighted by molar-refractivity contribution is 7.13. The maximum atomic E-state index is 14.1. The fourth-order valence-corrected chi connectivity index (χ4v) is 4.54. The Morgan fingerprint density at radius 3 is 3.03 bits per heavy atom. The van der Waals surface area contributed by atoms with Gasteiger partial charge in [0.1, 0.15) is 28.8 Å². The Balaban J connectivity index is 1.53. The summed E-state index contributed by atoms with van der Waals surface area (Å²) in [6.45, 7) is -0.0976. The summed E-state index contributed by atoms with van der Waals surface area (Å²) in [6, 6.07) is 3.66. The molecule has 0 saturated carbocycles. The Morgan fingerprint density at radius 1 is 1.42 bits per heavy atom. The molecule has 4 rings (SSSR count). The summed E-state index contributed by atoms with van der Waals surface area (Å²) in [5.41, 5.74) is 7.62. The zero-order valence-electron chi connectivity index (χ0n) is 16.6. The molecule has 1 aliphatic rings. The average Bonchev–Trinajstić information content (AvgIpc) is 3.33. The van der Waals surface area contributed by atoms with Gasteiger partial charge in [0.15, 0.2) is 6.23 Å². The van der Waals surface area contributed by atoms with Gasteiger partial charge in [0, 0.05) is 29.1 Å². The number of nitrogens with one attached hydrogen (secondary N) is 1. The molecule has 4 atom stereocenters. The lowest BCUT2D eigenvalue weighted by molar-refractivity contribution is 0.0246. The molecule has 0 amide bonds. The number of nitrogens with zero attached hydrogens (tertiary/aromatic N) is 3. The van der Waals surface area contributed by atoms with Crippen LogP contribution in [0, 0.1) is 5.82 Å². The third-order valence-electron chi connectivity index (χ3n) is 5.23. The van der Waals surface area contributed by atoms with Crippen LogP contribution >= 0.6 is 22.9 Å². The summed E-state index contributed by atoms with van der Waals surface area (Å²) in [6.07, 6.45) is -0.248. The van der Waals surface area contributed by atoms with Gasteiger partial charge in [-0.25, -0.2) is 13.8 Å². The van der Waals surface area contributed by atoms with Crippen LogP contribution < -0.4 is 11.1 Å². The van der Waals surface area contributed by atoms with Gasteiger partial charge in [0.25, 0.3) is 0 Å². The van der Waals surface area contributed by atoms with Crippen LogP contribution in [0.5, 0.6) is 0 Å². The zero-order chi connectivity index (χ0) is 22.1. The van der Waals surface area contributed by atoms with Crippen LogP contribution in [0.25, 0.3) is 10.6 Å². The molecule has 1 aromatic carbocycles. The number of aliphatic hydroxyl groups is 1. The van der Waals surface area contributed by atoms with Gasteiger partial charge in [0.2, 0.25) is 0 Å². The molecule has 0 bridgehead atoms. The normalized spacial score (nSPS) is 22.8. The highest BCUT2D eigenvalue weighted by atomic mass is 35.5. The minimum Gasteiger partial charge on any atom is -0.369 e.